The summed E-state index contributed by atoms with van der Waals surface area (Å²) in [5.74, 6) is 1.79. The van der Waals surface area contributed by atoms with Crippen LogP contribution in [-0.2, 0) is 0 Å². The Hall–Kier alpha value is -7.43. The number of benzene rings is 8. The number of aromatic nitrogens is 3. The third-order valence-electron chi connectivity index (χ3n) is 10.5. The van der Waals surface area contributed by atoms with Gasteiger partial charge in [-0.25, -0.2) is 15.0 Å². The van der Waals surface area contributed by atoms with Crippen molar-refractivity contribution < 1.29 is 4.42 Å². The van der Waals surface area contributed by atoms with Gasteiger partial charge in [-0.15, -0.1) is 0 Å². The molecule has 10 rings (SSSR count). The van der Waals surface area contributed by atoms with E-state index in [0.717, 1.165) is 66.4 Å². The van der Waals surface area contributed by atoms with Crippen LogP contribution in [0.3, 0.4) is 0 Å². The molecule has 264 valence electrons. The van der Waals surface area contributed by atoms with Gasteiger partial charge in [-0.1, -0.05) is 181 Å². The largest absolute Gasteiger partial charge is 0.455 e. The molecule has 0 atom stereocenters. The van der Waals surface area contributed by atoms with Crippen LogP contribution < -0.4 is 0 Å². The minimum Gasteiger partial charge on any atom is -0.455 e. The normalized spacial score (nSPS) is 11.3. The van der Waals surface area contributed by atoms with Crippen LogP contribution in [-0.4, -0.2) is 15.0 Å². The zero-order chi connectivity index (χ0) is 37.4. The third-order valence-corrected chi connectivity index (χ3v) is 10.5. The van der Waals surface area contributed by atoms with E-state index in [1.165, 1.54) is 22.3 Å². The Balaban J connectivity index is 1.15. The second kappa shape index (κ2) is 14.1. The maximum absolute atomic E-state index is 6.88. The van der Waals surface area contributed by atoms with Gasteiger partial charge in [0.1, 0.15) is 11.2 Å². The smallest absolute Gasteiger partial charge is 0.164 e. The minimum atomic E-state index is 0.578. The van der Waals surface area contributed by atoms with Crippen molar-refractivity contribution in [3.8, 4) is 78.7 Å². The molecule has 0 saturated carbocycles. The van der Waals surface area contributed by atoms with E-state index < -0.39 is 0 Å². The van der Waals surface area contributed by atoms with E-state index in [1.807, 2.05) is 42.5 Å². The minimum absolute atomic E-state index is 0.578. The molecular weight excluding hydrogens is 683 g/mol. The maximum Gasteiger partial charge on any atom is 0.164 e. The van der Waals surface area contributed by atoms with Crippen LogP contribution in [0.5, 0.6) is 0 Å². The SMILES string of the molecule is Cc1ccc(-c2ccc(-c3nc(-c4ccccc4)nc(-c4ccc5c(oc6cccc(-c7ccc(-c8ccccc8)cc7)c65)c4-c4ccccc4)n3)cc2)cc1. The second-order valence-corrected chi connectivity index (χ2v) is 14.1. The predicted octanol–water partition coefficient (Wildman–Crippen LogP) is 13.7. The average Bonchev–Trinajstić information content (AvgIpc) is 3.66. The lowest BCUT2D eigenvalue weighted by atomic mass is 9.93. The van der Waals surface area contributed by atoms with Crippen LogP contribution in [0, 0.1) is 6.92 Å². The summed E-state index contributed by atoms with van der Waals surface area (Å²) < 4.78 is 6.88. The van der Waals surface area contributed by atoms with Crippen molar-refractivity contribution in [1.29, 1.82) is 0 Å². The molecule has 0 aliphatic heterocycles. The molecule has 2 aromatic heterocycles. The van der Waals surface area contributed by atoms with Crippen molar-refractivity contribution >= 4 is 21.9 Å². The summed E-state index contributed by atoms with van der Waals surface area (Å²) in [6, 6.07) is 67.4. The van der Waals surface area contributed by atoms with Crippen LogP contribution >= 0.6 is 0 Å². The van der Waals surface area contributed by atoms with Gasteiger partial charge < -0.3 is 4.42 Å². The summed E-state index contributed by atoms with van der Waals surface area (Å²) in [6.07, 6.45) is 0. The number of aryl methyl sites for hydroxylation is 1. The zero-order valence-corrected chi connectivity index (χ0v) is 30.7. The Kier molecular flexibility index (Phi) is 8.34. The first-order valence-electron chi connectivity index (χ1n) is 18.9. The lowest BCUT2D eigenvalue weighted by molar-refractivity contribution is 0.670. The van der Waals surface area contributed by atoms with Crippen LogP contribution in [0.2, 0.25) is 0 Å². The molecule has 0 fully saturated rings. The first kappa shape index (κ1) is 33.2. The van der Waals surface area contributed by atoms with E-state index in [1.54, 1.807) is 0 Å². The first-order chi connectivity index (χ1) is 27.7. The van der Waals surface area contributed by atoms with E-state index in [-0.39, 0.29) is 0 Å². The summed E-state index contributed by atoms with van der Waals surface area (Å²) in [7, 11) is 0. The van der Waals surface area contributed by atoms with Gasteiger partial charge in [0, 0.05) is 33.0 Å². The van der Waals surface area contributed by atoms with Gasteiger partial charge in [0.25, 0.3) is 0 Å². The van der Waals surface area contributed by atoms with Crippen molar-refractivity contribution in [2.24, 2.45) is 0 Å². The number of hydrogen-bond donors (Lipinski definition) is 0. The van der Waals surface area contributed by atoms with Crippen molar-refractivity contribution in [2.45, 2.75) is 6.92 Å². The molecule has 0 saturated heterocycles. The fourth-order valence-electron chi connectivity index (χ4n) is 7.58. The summed E-state index contributed by atoms with van der Waals surface area (Å²) in [5, 5.41) is 2.11. The topological polar surface area (TPSA) is 51.8 Å². The fourth-order valence-corrected chi connectivity index (χ4v) is 7.58. The molecule has 8 aromatic carbocycles. The summed E-state index contributed by atoms with van der Waals surface area (Å²) in [6.45, 7) is 2.11. The van der Waals surface area contributed by atoms with Gasteiger partial charge in [0.15, 0.2) is 17.5 Å². The molecule has 0 aliphatic carbocycles. The molecule has 4 nitrogen and oxygen atoms in total. The van der Waals surface area contributed by atoms with Crippen molar-refractivity contribution in [1.82, 2.24) is 15.0 Å². The number of hydrogen-bond acceptors (Lipinski definition) is 4. The Morgan fingerprint density at radius 1 is 0.339 bits per heavy atom. The fraction of sp³-hybridized carbons (Fsp3) is 0.0192. The Bertz CT molecular complexity index is 2970. The van der Waals surface area contributed by atoms with Gasteiger partial charge in [-0.3, -0.25) is 0 Å². The third kappa shape index (κ3) is 6.13. The lowest BCUT2D eigenvalue weighted by Crippen LogP contribution is -2.01. The second-order valence-electron chi connectivity index (χ2n) is 14.1. The first-order valence-corrected chi connectivity index (χ1v) is 18.9. The quantitative estimate of drug-likeness (QED) is 0.165. The monoisotopic (exact) mass is 717 g/mol. The molecule has 0 N–H and O–H groups in total. The van der Waals surface area contributed by atoms with Crippen molar-refractivity contribution in [3.63, 3.8) is 0 Å². The highest BCUT2D eigenvalue weighted by molar-refractivity contribution is 6.17. The summed E-state index contributed by atoms with van der Waals surface area (Å²) in [5.41, 5.74) is 14.5. The molecule has 0 amide bonds. The highest BCUT2D eigenvalue weighted by Gasteiger charge is 2.22. The average molecular weight is 718 g/mol. The molecule has 56 heavy (non-hydrogen) atoms. The standard InChI is InChI=1S/C52H35N3O/c1-34-20-22-36(23-21-34)38-26-30-42(31-27-38)51-53-50(41-16-9-4-10-17-41)54-52(55-51)45-33-32-44-48-43(39-28-24-37(25-29-39)35-12-5-2-6-13-35)18-11-19-46(48)56-49(44)47(45)40-14-7-3-8-15-40/h2-33H,1H3. The van der Waals surface area contributed by atoms with Gasteiger partial charge in [-0.2, -0.15) is 0 Å². The zero-order valence-electron chi connectivity index (χ0n) is 30.7. The summed E-state index contributed by atoms with van der Waals surface area (Å²) in [4.78, 5) is 15.4. The molecule has 10 aromatic rings. The van der Waals surface area contributed by atoms with Crippen LogP contribution in [0.1, 0.15) is 5.56 Å². The van der Waals surface area contributed by atoms with Gasteiger partial charge in [-0.05, 0) is 64.1 Å². The van der Waals surface area contributed by atoms with Crippen LogP contribution in [0.25, 0.3) is 101 Å². The lowest BCUT2D eigenvalue weighted by Gasteiger charge is -2.13. The predicted molar refractivity (Wildman–Crippen MR) is 230 cm³/mol. The van der Waals surface area contributed by atoms with E-state index in [2.05, 4.69) is 159 Å². The summed E-state index contributed by atoms with van der Waals surface area (Å²) >= 11 is 0. The van der Waals surface area contributed by atoms with Gasteiger partial charge >= 0.3 is 0 Å². The Morgan fingerprint density at radius 3 is 1.41 bits per heavy atom. The van der Waals surface area contributed by atoms with E-state index in [9.17, 15) is 0 Å². The van der Waals surface area contributed by atoms with Crippen LogP contribution in [0.15, 0.2) is 199 Å². The van der Waals surface area contributed by atoms with E-state index in [0.29, 0.717) is 17.5 Å². The van der Waals surface area contributed by atoms with Crippen molar-refractivity contribution in [3.05, 3.63) is 200 Å². The number of fused-ring (bicyclic) bond motifs is 3. The molecule has 0 spiro atoms. The number of rotatable bonds is 7. The number of nitrogens with zero attached hydrogens (tertiary/aromatic N) is 3. The molecule has 2 heterocycles. The molecular formula is C52H35N3O. The van der Waals surface area contributed by atoms with Crippen molar-refractivity contribution in [2.75, 3.05) is 0 Å². The molecule has 0 aliphatic rings. The highest BCUT2D eigenvalue weighted by atomic mass is 16.3. The Morgan fingerprint density at radius 2 is 0.804 bits per heavy atom. The molecule has 0 bridgehead atoms. The van der Waals surface area contributed by atoms with Gasteiger partial charge in [0.05, 0.1) is 0 Å². The number of furan rings is 1. The maximum atomic E-state index is 6.88. The molecule has 4 heteroatoms. The van der Waals surface area contributed by atoms with E-state index >= 15 is 0 Å². The van der Waals surface area contributed by atoms with Gasteiger partial charge in [0.2, 0.25) is 0 Å². The molecule has 0 unspecified atom stereocenters. The highest BCUT2D eigenvalue weighted by Crippen LogP contribution is 2.44. The van der Waals surface area contributed by atoms with E-state index in [4.69, 9.17) is 19.4 Å². The van der Waals surface area contributed by atoms with Crippen LogP contribution in [0.4, 0.5) is 0 Å². The molecule has 0 radical (unpaired) electrons. The Labute approximate surface area is 325 Å².